The molecule has 27 heavy (non-hydrogen) atoms. The van der Waals surface area contributed by atoms with Crippen LogP contribution < -0.4 is 0 Å². The van der Waals surface area contributed by atoms with E-state index in [0.29, 0.717) is 0 Å². The molecular formula is C25H18N2. The van der Waals surface area contributed by atoms with Crippen molar-refractivity contribution in [1.29, 1.82) is 0 Å². The highest BCUT2D eigenvalue weighted by Crippen LogP contribution is 2.37. The Hall–Kier alpha value is -3.52. The van der Waals surface area contributed by atoms with Crippen molar-refractivity contribution in [2.75, 3.05) is 0 Å². The largest absolute Gasteiger partial charge is 0.233 e. The highest BCUT2D eigenvalue weighted by Gasteiger charge is 2.13. The maximum absolute atomic E-state index is 4.81. The second kappa shape index (κ2) is 6.33. The van der Waals surface area contributed by atoms with E-state index in [0.717, 1.165) is 28.0 Å². The molecular weight excluding hydrogens is 328 g/mol. The van der Waals surface area contributed by atoms with Crippen LogP contribution >= 0.6 is 0 Å². The quantitative estimate of drug-likeness (QED) is 0.368. The van der Waals surface area contributed by atoms with Gasteiger partial charge in [-0.05, 0) is 34.9 Å². The van der Waals surface area contributed by atoms with E-state index >= 15 is 0 Å². The van der Waals surface area contributed by atoms with Gasteiger partial charge in [-0.2, -0.15) is 0 Å². The molecule has 0 aliphatic rings. The average molecular weight is 346 g/mol. The molecule has 0 aliphatic carbocycles. The number of hydrogen-bond acceptors (Lipinski definition) is 2. The van der Waals surface area contributed by atoms with Crippen LogP contribution in [0.5, 0.6) is 0 Å². The van der Waals surface area contributed by atoms with Gasteiger partial charge in [-0.3, -0.25) is 0 Å². The van der Waals surface area contributed by atoms with E-state index in [-0.39, 0.29) is 0 Å². The van der Waals surface area contributed by atoms with Crippen LogP contribution in [0.15, 0.2) is 91.0 Å². The topological polar surface area (TPSA) is 25.8 Å². The Morgan fingerprint density at radius 2 is 1.11 bits per heavy atom. The van der Waals surface area contributed by atoms with Crippen LogP contribution in [0.3, 0.4) is 0 Å². The lowest BCUT2D eigenvalue weighted by molar-refractivity contribution is 1.10. The lowest BCUT2D eigenvalue weighted by Gasteiger charge is -2.13. The van der Waals surface area contributed by atoms with Gasteiger partial charge in [0.15, 0.2) is 0 Å². The fourth-order valence-electron chi connectivity index (χ4n) is 3.77. The fraction of sp³-hybridized carbons (Fsp3) is 0.0400. The molecule has 0 amide bonds. The Kier molecular flexibility index (Phi) is 3.68. The summed E-state index contributed by atoms with van der Waals surface area (Å²) in [6, 6.07) is 31.7. The molecule has 0 radical (unpaired) electrons. The standard InChI is InChI=1S/C25H18N2/c1-17-26-24-14-8-7-13-23(24)25(27-17)22-16-15-19(18-9-3-2-4-10-18)20-11-5-6-12-21(20)22/h2-16H,1H3. The van der Waals surface area contributed by atoms with Crippen LogP contribution in [0.2, 0.25) is 0 Å². The van der Waals surface area contributed by atoms with Gasteiger partial charge in [-0.15, -0.1) is 0 Å². The van der Waals surface area contributed by atoms with Crippen LogP contribution in [-0.2, 0) is 0 Å². The van der Waals surface area contributed by atoms with Gasteiger partial charge < -0.3 is 0 Å². The van der Waals surface area contributed by atoms with Crippen molar-refractivity contribution in [3.05, 3.63) is 96.8 Å². The third-order valence-corrected chi connectivity index (χ3v) is 4.98. The SMILES string of the molecule is Cc1nc(-c2ccc(-c3ccccc3)c3ccccc23)c2ccccc2n1. The molecule has 0 saturated heterocycles. The summed E-state index contributed by atoms with van der Waals surface area (Å²) in [6.45, 7) is 1.95. The molecule has 5 rings (SSSR count). The lowest BCUT2D eigenvalue weighted by Crippen LogP contribution is -1.95. The van der Waals surface area contributed by atoms with E-state index < -0.39 is 0 Å². The zero-order valence-corrected chi connectivity index (χ0v) is 15.1. The molecule has 2 heteroatoms. The van der Waals surface area contributed by atoms with Gasteiger partial charge in [0.1, 0.15) is 5.82 Å². The van der Waals surface area contributed by atoms with Crippen molar-refractivity contribution in [1.82, 2.24) is 9.97 Å². The molecule has 5 aromatic rings. The Morgan fingerprint density at radius 3 is 1.89 bits per heavy atom. The van der Waals surface area contributed by atoms with Gasteiger partial charge in [0, 0.05) is 10.9 Å². The number of nitrogens with zero attached hydrogens (tertiary/aromatic N) is 2. The monoisotopic (exact) mass is 346 g/mol. The van der Waals surface area contributed by atoms with Gasteiger partial charge >= 0.3 is 0 Å². The zero-order chi connectivity index (χ0) is 18.2. The van der Waals surface area contributed by atoms with Crippen molar-refractivity contribution >= 4 is 21.7 Å². The fourth-order valence-corrected chi connectivity index (χ4v) is 3.77. The molecule has 0 atom stereocenters. The summed E-state index contributed by atoms with van der Waals surface area (Å²) in [6.07, 6.45) is 0. The third-order valence-electron chi connectivity index (χ3n) is 4.98. The maximum Gasteiger partial charge on any atom is 0.126 e. The number of aromatic nitrogens is 2. The van der Waals surface area contributed by atoms with Crippen LogP contribution in [0.1, 0.15) is 5.82 Å². The Labute approximate surface area is 158 Å². The minimum Gasteiger partial charge on any atom is -0.233 e. The van der Waals surface area contributed by atoms with Gasteiger partial charge in [0.25, 0.3) is 0 Å². The number of rotatable bonds is 2. The maximum atomic E-state index is 4.81. The summed E-state index contributed by atoms with van der Waals surface area (Å²) in [5.74, 6) is 0.792. The second-order valence-corrected chi connectivity index (χ2v) is 6.71. The number of fused-ring (bicyclic) bond motifs is 2. The van der Waals surface area contributed by atoms with E-state index in [1.807, 2.05) is 25.1 Å². The molecule has 0 spiro atoms. The summed E-state index contributed by atoms with van der Waals surface area (Å²) < 4.78 is 0. The van der Waals surface area contributed by atoms with Crippen LogP contribution in [0.25, 0.3) is 44.1 Å². The van der Waals surface area contributed by atoms with Crippen molar-refractivity contribution in [2.45, 2.75) is 6.92 Å². The first-order valence-corrected chi connectivity index (χ1v) is 9.12. The van der Waals surface area contributed by atoms with Gasteiger partial charge in [-0.25, -0.2) is 9.97 Å². The van der Waals surface area contributed by atoms with Crippen molar-refractivity contribution in [3.63, 3.8) is 0 Å². The Morgan fingerprint density at radius 1 is 0.519 bits per heavy atom. The first kappa shape index (κ1) is 15.7. The highest BCUT2D eigenvalue weighted by atomic mass is 14.9. The normalized spacial score (nSPS) is 11.1. The molecule has 4 aromatic carbocycles. The molecule has 0 fully saturated rings. The zero-order valence-electron chi connectivity index (χ0n) is 15.1. The van der Waals surface area contributed by atoms with E-state index in [4.69, 9.17) is 4.98 Å². The molecule has 0 bridgehead atoms. The van der Waals surface area contributed by atoms with E-state index in [1.165, 1.54) is 21.9 Å². The predicted molar refractivity (Wildman–Crippen MR) is 113 cm³/mol. The number of aryl methyl sites for hydroxylation is 1. The number of benzene rings is 4. The van der Waals surface area contributed by atoms with E-state index in [9.17, 15) is 0 Å². The molecule has 1 aromatic heterocycles. The first-order valence-electron chi connectivity index (χ1n) is 9.12. The highest BCUT2D eigenvalue weighted by molar-refractivity contribution is 6.08. The van der Waals surface area contributed by atoms with Gasteiger partial charge in [0.2, 0.25) is 0 Å². The molecule has 0 saturated carbocycles. The van der Waals surface area contributed by atoms with E-state index in [1.54, 1.807) is 0 Å². The molecule has 0 N–H and O–H groups in total. The summed E-state index contributed by atoms with van der Waals surface area (Å²) in [5.41, 5.74) is 5.59. The second-order valence-electron chi connectivity index (χ2n) is 6.71. The minimum atomic E-state index is 0.792. The Bertz CT molecular complexity index is 1270. The summed E-state index contributed by atoms with van der Waals surface area (Å²) in [4.78, 5) is 9.41. The molecule has 128 valence electrons. The minimum absolute atomic E-state index is 0.792. The van der Waals surface area contributed by atoms with Crippen LogP contribution in [0.4, 0.5) is 0 Å². The van der Waals surface area contributed by atoms with Crippen molar-refractivity contribution in [2.24, 2.45) is 0 Å². The predicted octanol–water partition coefficient (Wildman–Crippen LogP) is 6.43. The third kappa shape index (κ3) is 2.67. The summed E-state index contributed by atoms with van der Waals surface area (Å²) >= 11 is 0. The van der Waals surface area contributed by atoms with Crippen LogP contribution in [-0.4, -0.2) is 9.97 Å². The summed E-state index contributed by atoms with van der Waals surface area (Å²) in [5, 5.41) is 3.53. The van der Waals surface area contributed by atoms with Crippen molar-refractivity contribution < 1.29 is 0 Å². The molecule has 2 nitrogen and oxygen atoms in total. The summed E-state index contributed by atoms with van der Waals surface area (Å²) in [7, 11) is 0. The number of para-hydroxylation sites is 1. The van der Waals surface area contributed by atoms with E-state index in [2.05, 4.69) is 77.8 Å². The molecule has 0 aliphatic heterocycles. The van der Waals surface area contributed by atoms with Crippen LogP contribution in [0, 0.1) is 6.92 Å². The van der Waals surface area contributed by atoms with Crippen molar-refractivity contribution in [3.8, 4) is 22.4 Å². The van der Waals surface area contributed by atoms with Gasteiger partial charge in [0.05, 0.1) is 11.2 Å². The molecule has 0 unspecified atom stereocenters. The molecule has 1 heterocycles. The number of hydrogen-bond donors (Lipinski definition) is 0. The average Bonchev–Trinajstić information content (AvgIpc) is 2.73. The first-order chi connectivity index (χ1) is 13.3. The lowest BCUT2D eigenvalue weighted by atomic mass is 9.93. The van der Waals surface area contributed by atoms with Gasteiger partial charge in [-0.1, -0.05) is 84.9 Å². The Balaban J connectivity index is 1.85. The smallest absolute Gasteiger partial charge is 0.126 e.